The highest BCUT2D eigenvalue weighted by Crippen LogP contribution is 2.14. The van der Waals surface area contributed by atoms with Crippen LogP contribution in [0.25, 0.3) is 0 Å². The van der Waals surface area contributed by atoms with Gasteiger partial charge in [0.2, 0.25) is 0 Å². The molecule has 0 spiro atoms. The molecule has 0 aliphatic carbocycles. The van der Waals surface area contributed by atoms with Gasteiger partial charge in [-0.1, -0.05) is 104 Å². The van der Waals surface area contributed by atoms with Gasteiger partial charge in [0.25, 0.3) is 0 Å². The van der Waals surface area contributed by atoms with Crippen molar-refractivity contribution >= 4 is 8.56 Å². The number of hydrogen-bond donors (Lipinski definition) is 0. The van der Waals surface area contributed by atoms with Crippen LogP contribution in [-0.2, 0) is 8.85 Å². The van der Waals surface area contributed by atoms with Crippen LogP contribution < -0.4 is 0 Å². The fourth-order valence-electron chi connectivity index (χ4n) is 3.68. The van der Waals surface area contributed by atoms with Crippen molar-refractivity contribution < 1.29 is 8.85 Å². The lowest BCUT2D eigenvalue weighted by atomic mass is 10.1. The summed E-state index contributed by atoms with van der Waals surface area (Å²) in [4.78, 5) is 0. The molecule has 0 aliphatic rings. The van der Waals surface area contributed by atoms with Crippen LogP contribution in [0.5, 0.6) is 0 Å². The highest BCUT2D eigenvalue weighted by Gasteiger charge is 2.23. The highest BCUT2D eigenvalue weighted by atomic mass is 28.4. The molecule has 2 nitrogen and oxygen atoms in total. The Bertz CT molecular complexity index is 397. The predicted octanol–water partition coefficient (Wildman–Crippen LogP) is 9.18. The van der Waals surface area contributed by atoms with Gasteiger partial charge < -0.3 is 8.85 Å². The van der Waals surface area contributed by atoms with E-state index in [1.165, 1.54) is 109 Å². The Balaban J connectivity index is 3.33. The molecule has 0 saturated carbocycles. The van der Waals surface area contributed by atoms with Crippen molar-refractivity contribution in [3.63, 3.8) is 0 Å². The molecule has 0 aromatic rings. The first-order valence-electron chi connectivity index (χ1n) is 13.4. The Morgan fingerprint density at radius 1 is 0.500 bits per heavy atom. The van der Waals surface area contributed by atoms with Crippen molar-refractivity contribution in [1.29, 1.82) is 0 Å². The van der Waals surface area contributed by atoms with Gasteiger partial charge in [0.1, 0.15) is 0 Å². The zero-order valence-corrected chi connectivity index (χ0v) is 22.2. The molecule has 0 atom stereocenters. The molecule has 0 saturated heterocycles. The molecule has 0 fully saturated rings. The van der Waals surface area contributed by atoms with Crippen molar-refractivity contribution in [2.24, 2.45) is 0 Å². The van der Waals surface area contributed by atoms with Crippen LogP contribution in [0.15, 0.2) is 0 Å². The standard InChI is InChI=1S/C27H54O2Si/c1-5-7-9-11-13-15-17-19-21-23-25-27-29-30(3,4)28-26-24-22-20-18-16-14-12-10-8-6-2/h5-7,9,11-27H2,1-4H3. The molecule has 0 rings (SSSR count). The molecule has 0 amide bonds. The maximum absolute atomic E-state index is 6.11. The zero-order chi connectivity index (χ0) is 22.2. The topological polar surface area (TPSA) is 18.5 Å². The summed E-state index contributed by atoms with van der Waals surface area (Å²) in [6, 6.07) is 0. The predicted molar refractivity (Wildman–Crippen MR) is 136 cm³/mol. The summed E-state index contributed by atoms with van der Waals surface area (Å²) in [6.45, 7) is 10.6. The van der Waals surface area contributed by atoms with E-state index in [-0.39, 0.29) is 0 Å². The number of hydrogen-bond acceptors (Lipinski definition) is 2. The van der Waals surface area contributed by atoms with Crippen LogP contribution in [0.4, 0.5) is 0 Å². The summed E-state index contributed by atoms with van der Waals surface area (Å²) in [5, 5.41) is 0. The van der Waals surface area contributed by atoms with E-state index >= 15 is 0 Å². The van der Waals surface area contributed by atoms with E-state index < -0.39 is 8.56 Å². The average Bonchev–Trinajstić information content (AvgIpc) is 2.72. The van der Waals surface area contributed by atoms with Crippen LogP contribution in [0, 0.1) is 11.8 Å². The lowest BCUT2D eigenvalue weighted by Crippen LogP contribution is -2.35. The summed E-state index contributed by atoms with van der Waals surface area (Å²) in [5.41, 5.74) is 0. The maximum Gasteiger partial charge on any atom is 0.331 e. The smallest absolute Gasteiger partial charge is 0.331 e. The third-order valence-corrected chi connectivity index (χ3v) is 7.44. The number of rotatable bonds is 22. The van der Waals surface area contributed by atoms with E-state index in [2.05, 4.69) is 38.8 Å². The van der Waals surface area contributed by atoms with Gasteiger partial charge in [0.15, 0.2) is 0 Å². The van der Waals surface area contributed by atoms with Crippen LogP contribution in [0.3, 0.4) is 0 Å². The second kappa shape index (κ2) is 23.4. The molecule has 0 unspecified atom stereocenters. The molecule has 0 N–H and O–H groups in total. The Morgan fingerprint density at radius 2 is 0.900 bits per heavy atom. The van der Waals surface area contributed by atoms with Crippen molar-refractivity contribution in [2.45, 2.75) is 149 Å². The molecular formula is C27H54O2Si. The maximum atomic E-state index is 6.11. The van der Waals surface area contributed by atoms with E-state index in [1.807, 2.05) is 0 Å². The van der Waals surface area contributed by atoms with Crippen molar-refractivity contribution in [3.8, 4) is 11.8 Å². The lowest BCUT2D eigenvalue weighted by Gasteiger charge is -2.23. The minimum atomic E-state index is -1.91. The molecule has 0 aromatic heterocycles. The Morgan fingerprint density at radius 3 is 1.33 bits per heavy atom. The van der Waals surface area contributed by atoms with Crippen LogP contribution >= 0.6 is 0 Å². The van der Waals surface area contributed by atoms with Gasteiger partial charge in [0.05, 0.1) is 0 Å². The van der Waals surface area contributed by atoms with E-state index in [0.717, 1.165) is 26.1 Å². The first kappa shape index (κ1) is 29.7. The highest BCUT2D eigenvalue weighted by molar-refractivity contribution is 6.64. The van der Waals surface area contributed by atoms with Crippen molar-refractivity contribution in [3.05, 3.63) is 0 Å². The largest absolute Gasteiger partial charge is 0.395 e. The van der Waals surface area contributed by atoms with Crippen LogP contribution in [-0.4, -0.2) is 21.8 Å². The van der Waals surface area contributed by atoms with Gasteiger partial charge in [-0.25, -0.2) is 0 Å². The molecule has 0 heterocycles. The fourth-order valence-corrected chi connectivity index (χ4v) is 5.03. The third-order valence-electron chi connectivity index (χ3n) is 5.65. The molecule has 3 heteroatoms. The molecule has 0 radical (unpaired) electrons. The quantitative estimate of drug-likeness (QED) is 0.0952. The summed E-state index contributed by atoms with van der Waals surface area (Å²) < 4.78 is 12.2. The van der Waals surface area contributed by atoms with E-state index in [1.54, 1.807) is 0 Å². The monoisotopic (exact) mass is 438 g/mol. The average molecular weight is 439 g/mol. The van der Waals surface area contributed by atoms with Crippen molar-refractivity contribution in [2.75, 3.05) is 13.2 Å². The first-order valence-corrected chi connectivity index (χ1v) is 16.2. The van der Waals surface area contributed by atoms with Gasteiger partial charge in [-0.3, -0.25) is 0 Å². The second-order valence-electron chi connectivity index (χ2n) is 9.21. The van der Waals surface area contributed by atoms with E-state index in [0.29, 0.717) is 0 Å². The molecule has 0 bridgehead atoms. The van der Waals surface area contributed by atoms with Crippen molar-refractivity contribution in [1.82, 2.24) is 0 Å². The lowest BCUT2D eigenvalue weighted by molar-refractivity contribution is 0.172. The van der Waals surface area contributed by atoms with Gasteiger partial charge in [-0.05, 0) is 32.4 Å². The summed E-state index contributed by atoms with van der Waals surface area (Å²) in [7, 11) is -1.91. The molecular weight excluding hydrogens is 384 g/mol. The van der Waals surface area contributed by atoms with Gasteiger partial charge in [0, 0.05) is 26.1 Å². The van der Waals surface area contributed by atoms with Gasteiger partial charge >= 0.3 is 8.56 Å². The fraction of sp³-hybridized carbons (Fsp3) is 0.926. The second-order valence-corrected chi connectivity index (χ2v) is 12.6. The van der Waals surface area contributed by atoms with E-state index in [4.69, 9.17) is 8.85 Å². The third kappa shape index (κ3) is 24.0. The summed E-state index contributed by atoms with van der Waals surface area (Å²) in [6.07, 6.45) is 25.0. The SMILES string of the molecule is CCC#CCCCCCCCCO[Si](C)(C)OCCCCCCCCCCCCC. The van der Waals surface area contributed by atoms with Crippen LogP contribution in [0.2, 0.25) is 13.1 Å². The Kier molecular flexibility index (Phi) is 23.1. The summed E-state index contributed by atoms with van der Waals surface area (Å²) in [5.74, 6) is 6.37. The first-order chi connectivity index (χ1) is 14.6. The molecule has 0 aliphatic heterocycles. The minimum Gasteiger partial charge on any atom is -0.395 e. The molecule has 30 heavy (non-hydrogen) atoms. The molecule has 178 valence electrons. The normalized spacial score (nSPS) is 11.5. The van der Waals surface area contributed by atoms with Crippen LogP contribution in [0.1, 0.15) is 136 Å². The van der Waals surface area contributed by atoms with Gasteiger partial charge in [-0.2, -0.15) is 0 Å². The molecule has 0 aromatic carbocycles. The minimum absolute atomic E-state index is 0.874. The van der Waals surface area contributed by atoms with Gasteiger partial charge in [-0.15, -0.1) is 11.8 Å². The summed E-state index contributed by atoms with van der Waals surface area (Å²) >= 11 is 0. The Labute approximate surface area is 191 Å². The zero-order valence-electron chi connectivity index (χ0n) is 21.2. The number of unbranched alkanes of at least 4 members (excludes halogenated alkanes) is 16. The van der Waals surface area contributed by atoms with E-state index in [9.17, 15) is 0 Å². The Hall–Kier alpha value is -0.303.